The normalized spacial score (nSPS) is 18.4. The first-order valence-electron chi connectivity index (χ1n) is 9.77. The molecule has 144 valence electrons. The SMILES string of the molecule is Cn1c(=O)n(CC(=O)N2CCN(C(=O)C3CCCC3)CC2)c2ccccc21. The van der Waals surface area contributed by atoms with Crippen LogP contribution in [0.25, 0.3) is 11.0 Å². The Morgan fingerprint density at radius 1 is 0.963 bits per heavy atom. The fourth-order valence-corrected chi connectivity index (χ4v) is 4.36. The van der Waals surface area contributed by atoms with Gasteiger partial charge in [0.15, 0.2) is 0 Å². The molecular weight excluding hydrogens is 344 g/mol. The number of rotatable bonds is 3. The molecule has 0 spiro atoms. The van der Waals surface area contributed by atoms with Gasteiger partial charge in [-0.1, -0.05) is 25.0 Å². The molecule has 1 saturated heterocycles. The minimum Gasteiger partial charge on any atom is -0.339 e. The molecule has 4 rings (SSSR count). The molecule has 2 amide bonds. The van der Waals surface area contributed by atoms with Crippen LogP contribution in [0.5, 0.6) is 0 Å². The van der Waals surface area contributed by atoms with Gasteiger partial charge in [-0.3, -0.25) is 18.7 Å². The van der Waals surface area contributed by atoms with Gasteiger partial charge >= 0.3 is 5.69 Å². The highest BCUT2D eigenvalue weighted by atomic mass is 16.2. The second-order valence-electron chi connectivity index (χ2n) is 7.60. The number of carbonyl (C=O) groups excluding carboxylic acids is 2. The van der Waals surface area contributed by atoms with Crippen LogP contribution in [-0.4, -0.2) is 56.9 Å². The summed E-state index contributed by atoms with van der Waals surface area (Å²) >= 11 is 0. The zero-order chi connectivity index (χ0) is 19.0. The smallest absolute Gasteiger partial charge is 0.329 e. The monoisotopic (exact) mass is 370 g/mol. The highest BCUT2D eigenvalue weighted by Gasteiger charge is 2.30. The van der Waals surface area contributed by atoms with E-state index in [1.54, 1.807) is 16.5 Å². The fraction of sp³-hybridized carbons (Fsp3) is 0.550. The summed E-state index contributed by atoms with van der Waals surface area (Å²) < 4.78 is 3.11. The van der Waals surface area contributed by atoms with Crippen LogP contribution in [0.1, 0.15) is 25.7 Å². The number of para-hydroxylation sites is 2. The molecule has 0 N–H and O–H groups in total. The number of aromatic nitrogens is 2. The van der Waals surface area contributed by atoms with Crippen molar-refractivity contribution < 1.29 is 9.59 Å². The minimum absolute atomic E-state index is 0.0385. The Bertz CT molecular complexity index is 915. The lowest BCUT2D eigenvalue weighted by Gasteiger charge is -2.36. The van der Waals surface area contributed by atoms with E-state index < -0.39 is 0 Å². The minimum atomic E-state index is -0.181. The van der Waals surface area contributed by atoms with E-state index in [-0.39, 0.29) is 30.0 Å². The number of hydrogen-bond donors (Lipinski definition) is 0. The van der Waals surface area contributed by atoms with Gasteiger partial charge in [-0.15, -0.1) is 0 Å². The fourth-order valence-electron chi connectivity index (χ4n) is 4.36. The first-order chi connectivity index (χ1) is 13.1. The van der Waals surface area contributed by atoms with E-state index in [1.165, 1.54) is 4.57 Å². The molecule has 0 bridgehead atoms. The van der Waals surface area contributed by atoms with Crippen molar-refractivity contribution in [2.24, 2.45) is 13.0 Å². The van der Waals surface area contributed by atoms with Crippen LogP contribution in [0, 0.1) is 5.92 Å². The Hall–Kier alpha value is -2.57. The summed E-state index contributed by atoms with van der Waals surface area (Å²) in [5.74, 6) is 0.368. The molecule has 2 heterocycles. The van der Waals surface area contributed by atoms with Gasteiger partial charge in [-0.25, -0.2) is 4.79 Å². The van der Waals surface area contributed by atoms with E-state index in [4.69, 9.17) is 0 Å². The van der Waals surface area contributed by atoms with E-state index in [1.807, 2.05) is 29.2 Å². The Labute approximate surface area is 158 Å². The summed E-state index contributed by atoms with van der Waals surface area (Å²) in [6.07, 6.45) is 4.30. The first-order valence-corrected chi connectivity index (χ1v) is 9.77. The molecule has 0 unspecified atom stereocenters. The van der Waals surface area contributed by atoms with Gasteiger partial charge in [0.1, 0.15) is 6.54 Å². The molecule has 0 radical (unpaired) electrons. The summed E-state index contributed by atoms with van der Waals surface area (Å²) in [6, 6.07) is 7.50. The number of piperazine rings is 1. The third-order valence-corrected chi connectivity index (χ3v) is 5.99. The Kier molecular flexibility index (Phi) is 4.76. The van der Waals surface area contributed by atoms with Crippen molar-refractivity contribution in [2.45, 2.75) is 32.2 Å². The predicted molar refractivity (Wildman–Crippen MR) is 102 cm³/mol. The average Bonchev–Trinajstić information content (AvgIpc) is 3.32. The predicted octanol–water partition coefficient (Wildman–Crippen LogP) is 1.20. The third-order valence-electron chi connectivity index (χ3n) is 5.99. The Morgan fingerprint density at radius 3 is 2.22 bits per heavy atom. The standard InChI is InChI=1S/C20H26N4O3/c1-21-16-8-4-5-9-17(16)24(20(21)27)14-18(25)22-10-12-23(13-11-22)19(26)15-6-2-3-7-15/h4-5,8-9,15H,2-3,6-7,10-14H2,1H3. The number of amides is 2. The Morgan fingerprint density at radius 2 is 1.56 bits per heavy atom. The molecule has 1 saturated carbocycles. The maximum absolute atomic E-state index is 12.8. The molecular formula is C20H26N4O3. The largest absolute Gasteiger partial charge is 0.339 e. The van der Waals surface area contributed by atoms with Crippen LogP contribution in [0.15, 0.2) is 29.1 Å². The molecule has 1 aromatic carbocycles. The molecule has 2 fully saturated rings. The molecule has 0 atom stereocenters. The maximum Gasteiger partial charge on any atom is 0.329 e. The van der Waals surface area contributed by atoms with Crippen LogP contribution in [-0.2, 0) is 23.2 Å². The lowest BCUT2D eigenvalue weighted by molar-refractivity contribution is -0.142. The highest BCUT2D eigenvalue weighted by molar-refractivity contribution is 5.82. The van der Waals surface area contributed by atoms with Gasteiger partial charge in [0.2, 0.25) is 11.8 Å². The molecule has 7 nitrogen and oxygen atoms in total. The van der Waals surface area contributed by atoms with Crippen molar-refractivity contribution in [1.29, 1.82) is 0 Å². The second-order valence-corrected chi connectivity index (χ2v) is 7.60. The zero-order valence-electron chi connectivity index (χ0n) is 15.8. The number of fused-ring (bicyclic) bond motifs is 1. The van der Waals surface area contributed by atoms with Crippen LogP contribution in [0.3, 0.4) is 0 Å². The van der Waals surface area contributed by atoms with Crippen molar-refractivity contribution >= 4 is 22.8 Å². The third kappa shape index (κ3) is 3.26. The topological polar surface area (TPSA) is 67.6 Å². The summed E-state index contributed by atoms with van der Waals surface area (Å²) in [5, 5.41) is 0. The first kappa shape index (κ1) is 17.8. The van der Waals surface area contributed by atoms with Gasteiger partial charge in [-0.2, -0.15) is 0 Å². The van der Waals surface area contributed by atoms with Gasteiger partial charge in [-0.05, 0) is 25.0 Å². The van der Waals surface area contributed by atoms with E-state index in [9.17, 15) is 14.4 Å². The van der Waals surface area contributed by atoms with Gasteiger partial charge in [0, 0.05) is 39.1 Å². The van der Waals surface area contributed by atoms with E-state index in [0.717, 1.165) is 36.7 Å². The van der Waals surface area contributed by atoms with E-state index >= 15 is 0 Å². The number of benzene rings is 1. The number of nitrogens with zero attached hydrogens (tertiary/aromatic N) is 4. The molecule has 1 aromatic heterocycles. The average molecular weight is 370 g/mol. The summed E-state index contributed by atoms with van der Waals surface area (Å²) in [4.78, 5) is 41.5. The Balaban J connectivity index is 1.41. The molecule has 27 heavy (non-hydrogen) atoms. The van der Waals surface area contributed by atoms with Crippen molar-refractivity contribution in [3.63, 3.8) is 0 Å². The van der Waals surface area contributed by atoms with E-state index in [2.05, 4.69) is 0 Å². The summed E-state index contributed by atoms with van der Waals surface area (Å²) in [6.45, 7) is 2.29. The lowest BCUT2D eigenvalue weighted by Crippen LogP contribution is -2.52. The van der Waals surface area contributed by atoms with Crippen molar-refractivity contribution in [3.8, 4) is 0 Å². The summed E-state index contributed by atoms with van der Waals surface area (Å²) in [7, 11) is 1.72. The quantitative estimate of drug-likeness (QED) is 0.815. The highest BCUT2D eigenvalue weighted by Crippen LogP contribution is 2.27. The van der Waals surface area contributed by atoms with Crippen LogP contribution < -0.4 is 5.69 Å². The lowest BCUT2D eigenvalue weighted by atomic mass is 10.1. The maximum atomic E-state index is 12.8. The molecule has 1 aliphatic carbocycles. The van der Waals surface area contributed by atoms with E-state index in [0.29, 0.717) is 26.2 Å². The number of aryl methyl sites for hydroxylation is 1. The van der Waals surface area contributed by atoms with Gasteiger partial charge < -0.3 is 9.80 Å². The van der Waals surface area contributed by atoms with Crippen molar-refractivity contribution in [1.82, 2.24) is 18.9 Å². The number of imidazole rings is 1. The number of hydrogen-bond acceptors (Lipinski definition) is 3. The van der Waals surface area contributed by atoms with Crippen LogP contribution in [0.4, 0.5) is 0 Å². The van der Waals surface area contributed by atoms with Gasteiger partial charge in [0.25, 0.3) is 0 Å². The van der Waals surface area contributed by atoms with Gasteiger partial charge in [0.05, 0.1) is 11.0 Å². The van der Waals surface area contributed by atoms with Crippen LogP contribution in [0.2, 0.25) is 0 Å². The molecule has 2 aromatic rings. The molecule has 2 aliphatic rings. The van der Waals surface area contributed by atoms with Crippen molar-refractivity contribution in [3.05, 3.63) is 34.7 Å². The zero-order valence-corrected chi connectivity index (χ0v) is 15.8. The summed E-state index contributed by atoms with van der Waals surface area (Å²) in [5.41, 5.74) is 1.41. The second kappa shape index (κ2) is 7.21. The molecule has 7 heteroatoms. The van der Waals surface area contributed by atoms with Crippen molar-refractivity contribution in [2.75, 3.05) is 26.2 Å². The number of carbonyl (C=O) groups is 2. The van der Waals surface area contributed by atoms with Crippen LogP contribution >= 0.6 is 0 Å². The molecule has 1 aliphatic heterocycles.